The molecule has 1 aromatic rings. The molecule has 0 aromatic heterocycles. The van der Waals surface area contributed by atoms with Gasteiger partial charge in [0.2, 0.25) is 10.0 Å². The van der Waals surface area contributed by atoms with Gasteiger partial charge >= 0.3 is 0 Å². The molecule has 25 heavy (non-hydrogen) atoms. The molecule has 1 N–H and O–H groups in total. The Hall–Kier alpha value is -1.25. The van der Waals surface area contributed by atoms with Crippen molar-refractivity contribution < 1.29 is 17.9 Å². The Morgan fingerprint density at radius 1 is 1.28 bits per heavy atom. The minimum Gasteiger partial charge on any atom is -0.490 e. The predicted octanol–water partition coefficient (Wildman–Crippen LogP) is 1.72. The molecular weight excluding hydrogens is 360 g/mol. The average molecular weight is 385 g/mol. The number of carbonyl (C=O) groups is 1. The molecule has 0 radical (unpaired) electrons. The predicted molar refractivity (Wildman–Crippen MR) is 99.7 cm³/mol. The molecule has 2 saturated heterocycles. The van der Waals surface area contributed by atoms with Crippen molar-refractivity contribution in [1.29, 1.82) is 0 Å². The molecule has 0 bridgehead atoms. The van der Waals surface area contributed by atoms with Crippen LogP contribution in [0.5, 0.6) is 5.75 Å². The third-order valence-corrected chi connectivity index (χ3v) is 7.00. The molecule has 1 aromatic carbocycles. The fourth-order valence-corrected chi connectivity index (χ4v) is 5.13. The first kappa shape index (κ1) is 18.5. The van der Waals surface area contributed by atoms with Gasteiger partial charge < -0.3 is 10.1 Å². The summed E-state index contributed by atoms with van der Waals surface area (Å²) in [5.41, 5.74) is 0.600. The van der Waals surface area contributed by atoms with Gasteiger partial charge in [0.15, 0.2) is 0 Å². The summed E-state index contributed by atoms with van der Waals surface area (Å²) in [6, 6.07) is 7.46. The fraction of sp³-hybridized carbons (Fsp3) is 0.588. The molecule has 1 unspecified atom stereocenters. The summed E-state index contributed by atoms with van der Waals surface area (Å²) in [6.07, 6.45) is 3.54. The normalized spacial score (nSPS) is 22.7. The maximum absolute atomic E-state index is 12.3. The SMILES string of the molecule is CS(=O)(=O)N1CCC(Oc2cccc(C(=O)NC3CCSC3)c2)CC1. The second-order valence-electron chi connectivity index (χ2n) is 6.54. The van der Waals surface area contributed by atoms with Crippen molar-refractivity contribution in [3.63, 3.8) is 0 Å². The highest BCUT2D eigenvalue weighted by molar-refractivity contribution is 7.99. The third kappa shape index (κ3) is 5.12. The van der Waals surface area contributed by atoms with Crippen LogP contribution in [0.3, 0.4) is 0 Å². The van der Waals surface area contributed by atoms with Crippen LogP contribution in [0.15, 0.2) is 24.3 Å². The summed E-state index contributed by atoms with van der Waals surface area (Å²) >= 11 is 1.86. The highest BCUT2D eigenvalue weighted by Gasteiger charge is 2.26. The van der Waals surface area contributed by atoms with Crippen molar-refractivity contribution in [1.82, 2.24) is 9.62 Å². The highest BCUT2D eigenvalue weighted by Crippen LogP contribution is 2.22. The Morgan fingerprint density at radius 3 is 2.68 bits per heavy atom. The molecule has 138 valence electrons. The molecule has 2 aliphatic heterocycles. The first-order valence-electron chi connectivity index (χ1n) is 8.52. The number of sulfonamides is 1. The topological polar surface area (TPSA) is 75.7 Å². The van der Waals surface area contributed by atoms with E-state index in [2.05, 4.69) is 5.32 Å². The molecule has 1 amide bonds. The van der Waals surface area contributed by atoms with E-state index in [4.69, 9.17) is 4.74 Å². The van der Waals surface area contributed by atoms with Gasteiger partial charge in [-0.3, -0.25) is 4.79 Å². The quantitative estimate of drug-likeness (QED) is 0.837. The molecule has 0 saturated carbocycles. The largest absolute Gasteiger partial charge is 0.490 e. The average Bonchev–Trinajstić information content (AvgIpc) is 3.08. The van der Waals surface area contributed by atoms with E-state index in [9.17, 15) is 13.2 Å². The lowest BCUT2D eigenvalue weighted by molar-refractivity contribution is 0.0939. The van der Waals surface area contributed by atoms with Gasteiger partial charge in [0.05, 0.1) is 6.26 Å². The van der Waals surface area contributed by atoms with Crippen molar-refractivity contribution in [2.75, 3.05) is 30.9 Å². The van der Waals surface area contributed by atoms with Gasteiger partial charge in [-0.25, -0.2) is 12.7 Å². The van der Waals surface area contributed by atoms with E-state index in [1.54, 1.807) is 12.1 Å². The van der Waals surface area contributed by atoms with E-state index in [0.29, 0.717) is 37.2 Å². The molecule has 2 heterocycles. The van der Waals surface area contributed by atoms with Crippen LogP contribution in [-0.2, 0) is 10.0 Å². The molecule has 0 spiro atoms. The number of hydrogen-bond donors (Lipinski definition) is 1. The molecular formula is C17H24N2O4S2. The van der Waals surface area contributed by atoms with Gasteiger partial charge in [0, 0.05) is 30.4 Å². The van der Waals surface area contributed by atoms with E-state index in [1.807, 2.05) is 23.9 Å². The number of thioether (sulfide) groups is 1. The summed E-state index contributed by atoms with van der Waals surface area (Å²) in [7, 11) is -3.13. The molecule has 6 nitrogen and oxygen atoms in total. The van der Waals surface area contributed by atoms with E-state index >= 15 is 0 Å². The van der Waals surface area contributed by atoms with E-state index in [0.717, 1.165) is 17.9 Å². The van der Waals surface area contributed by atoms with Crippen LogP contribution < -0.4 is 10.1 Å². The molecule has 2 aliphatic rings. The van der Waals surface area contributed by atoms with E-state index < -0.39 is 10.0 Å². The minimum absolute atomic E-state index is 0.0254. The number of ether oxygens (including phenoxy) is 1. The zero-order chi connectivity index (χ0) is 17.9. The Morgan fingerprint density at radius 2 is 2.04 bits per heavy atom. The zero-order valence-electron chi connectivity index (χ0n) is 14.3. The highest BCUT2D eigenvalue weighted by atomic mass is 32.2. The van der Waals surface area contributed by atoms with Crippen molar-refractivity contribution in [3.8, 4) is 5.75 Å². The molecule has 0 aliphatic carbocycles. The first-order chi connectivity index (χ1) is 11.9. The van der Waals surface area contributed by atoms with Crippen molar-refractivity contribution >= 4 is 27.7 Å². The molecule has 8 heteroatoms. The first-order valence-corrected chi connectivity index (χ1v) is 11.5. The Kier molecular flexibility index (Phi) is 5.91. The molecule has 1 atom stereocenters. The minimum atomic E-state index is -3.13. The zero-order valence-corrected chi connectivity index (χ0v) is 15.9. The van der Waals surface area contributed by atoms with Crippen LogP contribution in [-0.4, -0.2) is 61.6 Å². The van der Waals surface area contributed by atoms with Crippen LogP contribution in [0.1, 0.15) is 29.6 Å². The fourth-order valence-electron chi connectivity index (χ4n) is 3.10. The number of amides is 1. The van der Waals surface area contributed by atoms with Gasteiger partial charge in [-0.2, -0.15) is 11.8 Å². The number of hydrogen-bond acceptors (Lipinski definition) is 5. The van der Waals surface area contributed by atoms with Gasteiger partial charge in [0.1, 0.15) is 11.9 Å². The second-order valence-corrected chi connectivity index (χ2v) is 9.67. The number of nitrogens with one attached hydrogen (secondary N) is 1. The summed E-state index contributed by atoms with van der Waals surface area (Å²) < 4.78 is 30.6. The number of nitrogens with zero attached hydrogens (tertiary/aromatic N) is 1. The van der Waals surface area contributed by atoms with Crippen LogP contribution >= 0.6 is 11.8 Å². The standard InChI is InChI=1S/C17H24N2O4S2/c1-25(21,22)19-8-5-15(6-9-19)23-16-4-2-3-13(11-16)17(20)18-14-7-10-24-12-14/h2-4,11,14-15H,5-10,12H2,1H3,(H,18,20). The summed E-state index contributed by atoms with van der Waals surface area (Å²) in [5.74, 6) is 2.66. The van der Waals surface area contributed by atoms with Crippen molar-refractivity contribution in [3.05, 3.63) is 29.8 Å². The number of piperidine rings is 1. The van der Waals surface area contributed by atoms with Crippen LogP contribution in [0, 0.1) is 0 Å². The summed E-state index contributed by atoms with van der Waals surface area (Å²) in [6.45, 7) is 0.950. The smallest absolute Gasteiger partial charge is 0.251 e. The third-order valence-electron chi connectivity index (χ3n) is 4.53. The Balaban J connectivity index is 1.56. The molecule has 3 rings (SSSR count). The van der Waals surface area contributed by atoms with Crippen LogP contribution in [0.2, 0.25) is 0 Å². The lowest BCUT2D eigenvalue weighted by atomic mass is 10.1. The van der Waals surface area contributed by atoms with E-state index in [-0.39, 0.29) is 18.1 Å². The van der Waals surface area contributed by atoms with Crippen molar-refractivity contribution in [2.45, 2.75) is 31.4 Å². The number of carbonyl (C=O) groups excluding carboxylic acids is 1. The second kappa shape index (κ2) is 7.97. The Bertz CT molecular complexity index is 709. The lowest BCUT2D eigenvalue weighted by Crippen LogP contribution is -2.41. The van der Waals surface area contributed by atoms with E-state index in [1.165, 1.54) is 10.6 Å². The summed E-state index contributed by atoms with van der Waals surface area (Å²) in [4.78, 5) is 12.3. The maximum atomic E-state index is 12.3. The van der Waals surface area contributed by atoms with Gasteiger partial charge in [-0.05, 0) is 43.2 Å². The van der Waals surface area contributed by atoms with Crippen LogP contribution in [0.4, 0.5) is 0 Å². The number of rotatable bonds is 5. The monoisotopic (exact) mass is 384 g/mol. The summed E-state index contributed by atoms with van der Waals surface area (Å²) in [5, 5.41) is 3.06. The van der Waals surface area contributed by atoms with Crippen LogP contribution in [0.25, 0.3) is 0 Å². The Labute approximate surface area is 153 Å². The number of benzene rings is 1. The van der Waals surface area contributed by atoms with Gasteiger partial charge in [-0.15, -0.1) is 0 Å². The lowest BCUT2D eigenvalue weighted by Gasteiger charge is -2.30. The van der Waals surface area contributed by atoms with Gasteiger partial charge in [-0.1, -0.05) is 6.07 Å². The maximum Gasteiger partial charge on any atom is 0.251 e. The van der Waals surface area contributed by atoms with Crippen molar-refractivity contribution in [2.24, 2.45) is 0 Å². The molecule has 2 fully saturated rings. The van der Waals surface area contributed by atoms with Gasteiger partial charge in [0.25, 0.3) is 5.91 Å².